The summed E-state index contributed by atoms with van der Waals surface area (Å²) in [5.74, 6) is 1.54. The minimum Gasteiger partial charge on any atom is -0.493 e. The Morgan fingerprint density at radius 3 is 2.35 bits per heavy atom. The Labute approximate surface area is 186 Å². The summed E-state index contributed by atoms with van der Waals surface area (Å²) in [5, 5.41) is 0. The number of rotatable bonds is 13. The lowest BCUT2D eigenvalue weighted by atomic mass is 10.1. The number of para-hydroxylation sites is 2. The van der Waals surface area contributed by atoms with Crippen molar-refractivity contribution in [3.8, 4) is 5.75 Å². The fourth-order valence-corrected chi connectivity index (χ4v) is 3.50. The summed E-state index contributed by atoms with van der Waals surface area (Å²) in [4.78, 5) is 7.04. The zero-order chi connectivity index (χ0) is 21.9. The Bertz CT molecular complexity index is 920. The van der Waals surface area contributed by atoms with Gasteiger partial charge < -0.3 is 14.1 Å². The number of aromatic nitrogens is 1. The smallest absolute Gasteiger partial charge is 0.220 e. The molecule has 0 spiro atoms. The van der Waals surface area contributed by atoms with E-state index in [1.807, 2.05) is 36.4 Å². The summed E-state index contributed by atoms with van der Waals surface area (Å²) in [6, 6.07) is 14.4. The molecule has 0 aliphatic heterocycles. The van der Waals surface area contributed by atoms with E-state index in [2.05, 4.69) is 48.9 Å². The van der Waals surface area contributed by atoms with Crippen molar-refractivity contribution in [2.45, 2.75) is 59.3 Å². The monoisotopic (exact) mass is 420 g/mol. The van der Waals surface area contributed by atoms with Gasteiger partial charge in [-0.3, -0.25) is 0 Å². The van der Waals surface area contributed by atoms with Crippen molar-refractivity contribution < 1.29 is 9.15 Å². The molecule has 0 N–H and O–H groups in total. The Hall–Kier alpha value is -2.75. The molecular weight excluding hydrogens is 384 g/mol. The molecule has 0 bridgehead atoms. The summed E-state index contributed by atoms with van der Waals surface area (Å²) in [6.07, 6.45) is 10.9. The van der Waals surface area contributed by atoms with E-state index in [4.69, 9.17) is 9.15 Å². The Morgan fingerprint density at radius 2 is 1.65 bits per heavy atom. The third-order valence-corrected chi connectivity index (χ3v) is 5.40. The summed E-state index contributed by atoms with van der Waals surface area (Å²) >= 11 is 0. The van der Waals surface area contributed by atoms with Crippen LogP contribution in [0.15, 0.2) is 46.9 Å². The van der Waals surface area contributed by atoms with Crippen LogP contribution in [0.4, 0.5) is 5.69 Å². The molecule has 0 unspecified atom stereocenters. The van der Waals surface area contributed by atoms with E-state index in [9.17, 15) is 0 Å². The lowest BCUT2D eigenvalue weighted by Gasteiger charge is -2.25. The van der Waals surface area contributed by atoms with Crippen LogP contribution in [0.5, 0.6) is 5.75 Å². The lowest BCUT2D eigenvalue weighted by molar-refractivity contribution is 0.309. The highest BCUT2D eigenvalue weighted by molar-refractivity contribution is 5.77. The van der Waals surface area contributed by atoms with Crippen molar-refractivity contribution in [1.29, 1.82) is 0 Å². The number of hydrogen-bond acceptors (Lipinski definition) is 4. The minimum absolute atomic E-state index is 0.609. The predicted octanol–water partition coefficient (Wildman–Crippen LogP) is 7.58. The molecule has 0 saturated heterocycles. The molecule has 0 aliphatic rings. The zero-order valence-electron chi connectivity index (χ0n) is 19.3. The van der Waals surface area contributed by atoms with Gasteiger partial charge in [0, 0.05) is 36.5 Å². The topological polar surface area (TPSA) is 38.5 Å². The molecule has 31 heavy (non-hydrogen) atoms. The van der Waals surface area contributed by atoms with Crippen molar-refractivity contribution in [2.75, 3.05) is 24.6 Å². The summed E-state index contributed by atoms with van der Waals surface area (Å²) < 4.78 is 12.0. The van der Waals surface area contributed by atoms with E-state index >= 15 is 0 Å². The van der Waals surface area contributed by atoms with Gasteiger partial charge >= 0.3 is 0 Å². The number of fused-ring (bicyclic) bond motifs is 1. The highest BCUT2D eigenvalue weighted by Gasteiger charge is 2.10. The highest BCUT2D eigenvalue weighted by atomic mass is 16.5. The van der Waals surface area contributed by atoms with E-state index in [0.717, 1.165) is 55.0 Å². The van der Waals surface area contributed by atoms with Crippen LogP contribution in [0.25, 0.3) is 23.3 Å². The van der Waals surface area contributed by atoms with Crippen LogP contribution >= 0.6 is 0 Å². The third-order valence-electron chi connectivity index (χ3n) is 5.40. The number of anilines is 1. The van der Waals surface area contributed by atoms with Gasteiger partial charge in [-0.15, -0.1) is 0 Å². The second kappa shape index (κ2) is 12.2. The predicted molar refractivity (Wildman–Crippen MR) is 132 cm³/mol. The summed E-state index contributed by atoms with van der Waals surface area (Å²) in [7, 11) is 0. The fraction of sp³-hybridized carbons (Fsp3) is 0.444. The first-order valence-corrected chi connectivity index (χ1v) is 11.8. The van der Waals surface area contributed by atoms with Crippen LogP contribution in [0.2, 0.25) is 0 Å². The van der Waals surface area contributed by atoms with Gasteiger partial charge in [0.2, 0.25) is 5.89 Å². The highest BCUT2D eigenvalue weighted by Crippen LogP contribution is 2.29. The molecule has 1 heterocycles. The van der Waals surface area contributed by atoms with Crippen LogP contribution in [-0.2, 0) is 0 Å². The number of ether oxygens (including phenoxy) is 1. The van der Waals surface area contributed by atoms with Gasteiger partial charge in [-0.05, 0) is 49.6 Å². The first-order chi connectivity index (χ1) is 15.2. The average Bonchev–Trinajstić information content (AvgIpc) is 3.21. The van der Waals surface area contributed by atoms with Crippen molar-refractivity contribution in [3.05, 3.63) is 53.9 Å². The maximum atomic E-state index is 6.20. The van der Waals surface area contributed by atoms with Gasteiger partial charge in [0.25, 0.3) is 0 Å². The maximum absolute atomic E-state index is 6.20. The summed E-state index contributed by atoms with van der Waals surface area (Å²) in [5.41, 5.74) is 3.97. The molecule has 0 fully saturated rings. The van der Waals surface area contributed by atoms with Gasteiger partial charge in [-0.2, -0.15) is 0 Å². The molecule has 2 aromatic carbocycles. The number of unbranched alkanes of at least 4 members (excludes halogenated alkanes) is 3. The summed E-state index contributed by atoms with van der Waals surface area (Å²) in [6.45, 7) is 9.58. The lowest BCUT2D eigenvalue weighted by Crippen LogP contribution is -2.25. The van der Waals surface area contributed by atoms with Crippen molar-refractivity contribution >= 4 is 28.9 Å². The molecule has 0 amide bonds. The molecule has 3 aromatic rings. The van der Waals surface area contributed by atoms with Crippen LogP contribution in [0.3, 0.4) is 0 Å². The molecule has 0 saturated carbocycles. The second-order valence-corrected chi connectivity index (χ2v) is 7.97. The number of nitrogens with zero attached hydrogens (tertiary/aromatic N) is 2. The van der Waals surface area contributed by atoms with E-state index in [0.29, 0.717) is 5.89 Å². The van der Waals surface area contributed by atoms with Gasteiger partial charge in [0.1, 0.15) is 11.3 Å². The SMILES string of the molecule is CCCCOc1cc(N(CCCC)CCCC)ccc1C=Cc1nc2ccccc2o1. The number of hydrogen-bond donors (Lipinski definition) is 0. The van der Waals surface area contributed by atoms with Crippen molar-refractivity contribution in [3.63, 3.8) is 0 Å². The molecule has 0 aliphatic carbocycles. The molecule has 1 aromatic heterocycles. The van der Waals surface area contributed by atoms with Gasteiger partial charge in [-0.25, -0.2) is 4.98 Å². The Kier molecular flexibility index (Phi) is 9.01. The first kappa shape index (κ1) is 22.9. The van der Waals surface area contributed by atoms with Gasteiger partial charge in [0.15, 0.2) is 5.58 Å². The van der Waals surface area contributed by atoms with Crippen molar-refractivity contribution in [1.82, 2.24) is 4.98 Å². The molecule has 166 valence electrons. The first-order valence-electron chi connectivity index (χ1n) is 11.8. The van der Waals surface area contributed by atoms with Crippen LogP contribution < -0.4 is 9.64 Å². The second-order valence-electron chi connectivity index (χ2n) is 7.97. The van der Waals surface area contributed by atoms with Gasteiger partial charge in [0.05, 0.1) is 6.61 Å². The van der Waals surface area contributed by atoms with Crippen LogP contribution in [0, 0.1) is 0 Å². The standard InChI is InChI=1S/C27H36N2O2/c1-4-7-18-29(19-8-5-2)23-16-14-22(26(21-23)30-20-9-6-3)15-17-27-28-24-12-10-11-13-25(24)31-27/h10-17,21H,4-9,18-20H2,1-3H3. The van der Waals surface area contributed by atoms with E-state index in [-0.39, 0.29) is 0 Å². The zero-order valence-corrected chi connectivity index (χ0v) is 19.3. The van der Waals surface area contributed by atoms with E-state index in [1.165, 1.54) is 31.4 Å². The largest absolute Gasteiger partial charge is 0.493 e. The van der Waals surface area contributed by atoms with E-state index < -0.39 is 0 Å². The van der Waals surface area contributed by atoms with Crippen LogP contribution in [-0.4, -0.2) is 24.7 Å². The van der Waals surface area contributed by atoms with Gasteiger partial charge in [-0.1, -0.05) is 52.2 Å². The minimum atomic E-state index is 0.609. The average molecular weight is 421 g/mol. The molecule has 3 rings (SSSR count). The molecular formula is C27H36N2O2. The third kappa shape index (κ3) is 6.61. The molecule has 0 atom stereocenters. The van der Waals surface area contributed by atoms with E-state index in [1.54, 1.807) is 0 Å². The Morgan fingerprint density at radius 1 is 0.903 bits per heavy atom. The number of oxazole rings is 1. The quantitative estimate of drug-likeness (QED) is 0.267. The van der Waals surface area contributed by atoms with Crippen molar-refractivity contribution in [2.24, 2.45) is 0 Å². The molecule has 4 nitrogen and oxygen atoms in total. The fourth-order valence-electron chi connectivity index (χ4n) is 3.50. The van der Waals surface area contributed by atoms with Crippen LogP contribution in [0.1, 0.15) is 70.8 Å². The number of benzene rings is 2. The maximum Gasteiger partial charge on any atom is 0.220 e. The molecule has 0 radical (unpaired) electrons. The molecule has 4 heteroatoms. The Balaban J connectivity index is 1.85. The normalized spacial score (nSPS) is 11.5.